The van der Waals surface area contributed by atoms with Crippen LogP contribution in [0.4, 0.5) is 5.95 Å². The van der Waals surface area contributed by atoms with Crippen LogP contribution in [0.5, 0.6) is 0 Å². The van der Waals surface area contributed by atoms with Gasteiger partial charge in [-0.3, -0.25) is 4.79 Å². The van der Waals surface area contributed by atoms with Gasteiger partial charge in [0.2, 0.25) is 11.9 Å². The van der Waals surface area contributed by atoms with E-state index in [9.17, 15) is 4.79 Å². The van der Waals surface area contributed by atoms with Gasteiger partial charge in [-0.2, -0.15) is 0 Å². The van der Waals surface area contributed by atoms with E-state index in [2.05, 4.69) is 4.98 Å². The Morgan fingerprint density at radius 1 is 1.31 bits per heavy atom. The minimum atomic E-state index is 0.213. The van der Waals surface area contributed by atoms with Crippen molar-refractivity contribution >= 4 is 23.5 Å². The zero-order chi connectivity index (χ0) is 18.7. The molecule has 6 heteroatoms. The first kappa shape index (κ1) is 18.6. The molecule has 0 aliphatic carbocycles. The van der Waals surface area contributed by atoms with Crippen LogP contribution in [0.15, 0.2) is 30.5 Å². The van der Waals surface area contributed by atoms with Crippen LogP contribution in [-0.2, 0) is 4.79 Å². The molecule has 2 aromatic rings. The number of piperidine rings is 1. The second-order valence-electron chi connectivity index (χ2n) is 6.90. The molecule has 1 unspecified atom stereocenters. The number of rotatable bonds is 4. The number of amides is 1. The summed E-state index contributed by atoms with van der Waals surface area (Å²) in [6, 6.07) is 7.76. The molecule has 1 saturated heterocycles. The molecule has 0 saturated carbocycles. The number of likely N-dealkylation sites (tertiary alicyclic amines) is 1. The maximum absolute atomic E-state index is 12.2. The minimum absolute atomic E-state index is 0.213. The zero-order valence-electron chi connectivity index (χ0n) is 15.6. The van der Waals surface area contributed by atoms with Crippen molar-refractivity contribution in [2.24, 2.45) is 0 Å². The average molecular weight is 373 g/mol. The molecule has 1 aliphatic rings. The summed E-state index contributed by atoms with van der Waals surface area (Å²) in [6.45, 7) is 3.47. The topological polar surface area (TPSA) is 49.3 Å². The molecule has 138 valence electrons. The average Bonchev–Trinajstić information content (AvgIpc) is 2.67. The van der Waals surface area contributed by atoms with Gasteiger partial charge in [-0.15, -0.1) is 0 Å². The molecule has 1 amide bonds. The number of anilines is 1. The van der Waals surface area contributed by atoms with Gasteiger partial charge in [-0.1, -0.05) is 30.7 Å². The van der Waals surface area contributed by atoms with Gasteiger partial charge in [-0.05, 0) is 30.5 Å². The van der Waals surface area contributed by atoms with Crippen molar-refractivity contribution in [3.63, 3.8) is 0 Å². The van der Waals surface area contributed by atoms with Gasteiger partial charge in [-0.25, -0.2) is 9.97 Å². The van der Waals surface area contributed by atoms with Gasteiger partial charge in [0.1, 0.15) is 0 Å². The predicted octanol–water partition coefficient (Wildman–Crippen LogP) is 3.98. The Bertz CT molecular complexity index is 776. The molecule has 26 heavy (non-hydrogen) atoms. The largest absolute Gasteiger partial charge is 0.347 e. The van der Waals surface area contributed by atoms with Crippen LogP contribution in [-0.4, -0.2) is 48.0 Å². The quantitative estimate of drug-likeness (QED) is 0.814. The maximum atomic E-state index is 12.2. The first-order chi connectivity index (χ1) is 12.5. The van der Waals surface area contributed by atoms with Crippen LogP contribution in [0.25, 0.3) is 11.1 Å². The van der Waals surface area contributed by atoms with Gasteiger partial charge >= 0.3 is 0 Å². The molecule has 2 heterocycles. The van der Waals surface area contributed by atoms with E-state index in [4.69, 9.17) is 16.6 Å². The molecule has 0 spiro atoms. The third-order valence-electron chi connectivity index (χ3n) is 4.82. The highest BCUT2D eigenvalue weighted by Gasteiger charge is 2.27. The Kier molecular flexibility index (Phi) is 5.77. The standard InChI is InChI=1S/C20H25ClN4O/c1-4-18(26)25-11-5-6-15(13-25)19-17(12-22-20(23-19)24(2)3)14-7-9-16(21)10-8-14/h7-10,12,15H,4-6,11,13H2,1-3H3. The first-order valence-electron chi connectivity index (χ1n) is 9.07. The lowest BCUT2D eigenvalue weighted by molar-refractivity contribution is -0.132. The highest BCUT2D eigenvalue weighted by molar-refractivity contribution is 6.30. The summed E-state index contributed by atoms with van der Waals surface area (Å²) in [5.74, 6) is 1.12. The van der Waals surface area contributed by atoms with Crippen molar-refractivity contribution in [3.05, 3.63) is 41.2 Å². The molecule has 1 aromatic carbocycles. The van der Waals surface area contributed by atoms with Crippen molar-refractivity contribution in [2.75, 3.05) is 32.1 Å². The minimum Gasteiger partial charge on any atom is -0.347 e. The fourth-order valence-corrected chi connectivity index (χ4v) is 3.54. The summed E-state index contributed by atoms with van der Waals surface area (Å²) in [6.07, 6.45) is 4.46. The van der Waals surface area contributed by atoms with Crippen LogP contribution in [0.3, 0.4) is 0 Å². The predicted molar refractivity (Wildman–Crippen MR) is 106 cm³/mol. The second kappa shape index (κ2) is 8.04. The molecule has 1 fully saturated rings. The summed E-state index contributed by atoms with van der Waals surface area (Å²) in [7, 11) is 3.88. The molecule has 0 radical (unpaired) electrons. The molecule has 0 N–H and O–H groups in total. The van der Waals surface area contributed by atoms with Gasteiger partial charge in [0, 0.05) is 56.3 Å². The lowest BCUT2D eigenvalue weighted by Crippen LogP contribution is -2.39. The Hall–Kier alpha value is -2.14. The fraction of sp³-hybridized carbons (Fsp3) is 0.450. The molecule has 1 aromatic heterocycles. The number of carbonyl (C=O) groups is 1. The van der Waals surface area contributed by atoms with Crippen molar-refractivity contribution in [3.8, 4) is 11.1 Å². The van der Waals surface area contributed by atoms with Crippen LogP contribution in [0.2, 0.25) is 5.02 Å². The molecule has 1 atom stereocenters. The van der Waals surface area contributed by atoms with E-state index in [-0.39, 0.29) is 11.8 Å². The Labute approximate surface area is 160 Å². The number of hydrogen-bond donors (Lipinski definition) is 0. The van der Waals surface area contributed by atoms with E-state index in [1.165, 1.54) is 0 Å². The van der Waals surface area contributed by atoms with Crippen molar-refractivity contribution < 1.29 is 4.79 Å². The van der Waals surface area contributed by atoms with Crippen molar-refractivity contribution in [1.29, 1.82) is 0 Å². The third kappa shape index (κ3) is 3.98. The highest BCUT2D eigenvalue weighted by Crippen LogP contribution is 2.34. The third-order valence-corrected chi connectivity index (χ3v) is 5.08. The van der Waals surface area contributed by atoms with E-state index >= 15 is 0 Å². The maximum Gasteiger partial charge on any atom is 0.225 e. The van der Waals surface area contributed by atoms with Gasteiger partial charge < -0.3 is 9.80 Å². The Balaban J connectivity index is 2.01. The number of hydrogen-bond acceptors (Lipinski definition) is 4. The number of benzene rings is 1. The van der Waals surface area contributed by atoms with Crippen LogP contribution in [0.1, 0.15) is 37.8 Å². The zero-order valence-corrected chi connectivity index (χ0v) is 16.3. The smallest absolute Gasteiger partial charge is 0.225 e. The fourth-order valence-electron chi connectivity index (χ4n) is 3.41. The number of aromatic nitrogens is 2. The van der Waals surface area contributed by atoms with E-state index < -0.39 is 0 Å². The summed E-state index contributed by atoms with van der Waals surface area (Å²) < 4.78 is 0. The lowest BCUT2D eigenvalue weighted by Gasteiger charge is -2.33. The first-order valence-corrected chi connectivity index (χ1v) is 9.45. The van der Waals surface area contributed by atoms with Crippen LogP contribution in [0, 0.1) is 0 Å². The van der Waals surface area contributed by atoms with E-state index in [1.54, 1.807) is 0 Å². The number of halogens is 1. The molecular formula is C20H25ClN4O. The van der Waals surface area contributed by atoms with Crippen molar-refractivity contribution in [2.45, 2.75) is 32.1 Å². The van der Waals surface area contributed by atoms with Gasteiger partial charge in [0.15, 0.2) is 0 Å². The van der Waals surface area contributed by atoms with E-state index in [0.717, 1.165) is 42.8 Å². The van der Waals surface area contributed by atoms with Crippen LogP contribution >= 0.6 is 11.6 Å². The SMILES string of the molecule is CCC(=O)N1CCCC(c2nc(N(C)C)ncc2-c2ccc(Cl)cc2)C1. The Morgan fingerprint density at radius 2 is 2.04 bits per heavy atom. The van der Waals surface area contributed by atoms with E-state index in [1.807, 2.05) is 61.3 Å². The summed E-state index contributed by atoms with van der Waals surface area (Å²) in [5, 5.41) is 0.707. The van der Waals surface area contributed by atoms with Gasteiger partial charge in [0.05, 0.1) is 5.69 Å². The number of nitrogens with zero attached hydrogens (tertiary/aromatic N) is 4. The lowest BCUT2D eigenvalue weighted by atomic mass is 9.90. The second-order valence-corrected chi connectivity index (χ2v) is 7.34. The normalized spacial score (nSPS) is 17.2. The summed E-state index contributed by atoms with van der Waals surface area (Å²) >= 11 is 6.04. The van der Waals surface area contributed by atoms with E-state index in [0.29, 0.717) is 17.4 Å². The molecule has 5 nitrogen and oxygen atoms in total. The molecule has 3 rings (SSSR count). The highest BCUT2D eigenvalue weighted by atomic mass is 35.5. The van der Waals surface area contributed by atoms with Crippen LogP contribution < -0.4 is 4.90 Å². The Morgan fingerprint density at radius 3 is 2.69 bits per heavy atom. The van der Waals surface area contributed by atoms with Crippen molar-refractivity contribution in [1.82, 2.24) is 14.9 Å². The molecule has 1 aliphatic heterocycles. The number of carbonyl (C=O) groups excluding carboxylic acids is 1. The van der Waals surface area contributed by atoms with Gasteiger partial charge in [0.25, 0.3) is 0 Å². The molecular weight excluding hydrogens is 348 g/mol. The monoisotopic (exact) mass is 372 g/mol. The molecule has 0 bridgehead atoms. The summed E-state index contributed by atoms with van der Waals surface area (Å²) in [4.78, 5) is 25.4. The summed E-state index contributed by atoms with van der Waals surface area (Å²) in [5.41, 5.74) is 3.08.